The molecule has 2 amide bonds. The number of aliphatic carboxylic acids is 1. The minimum Gasteiger partial charge on any atom is -0.479 e. The van der Waals surface area contributed by atoms with Crippen molar-refractivity contribution in [2.75, 3.05) is 13.2 Å². The Morgan fingerprint density at radius 3 is 2.21 bits per heavy atom. The van der Waals surface area contributed by atoms with Gasteiger partial charge in [0.25, 0.3) is 0 Å². The molecule has 3 atom stereocenters. The molecule has 0 radical (unpaired) electrons. The molecule has 0 bridgehead atoms. The lowest BCUT2D eigenvalue weighted by Gasteiger charge is -2.25. The number of hydrogen-bond acceptors (Lipinski definition) is 5. The maximum Gasteiger partial charge on any atom is 0.407 e. The standard InChI is InChI=1S/C26H30N2O6/c29-23(25(31)32)14-27-24(30)20-12-2-1-3-13-22(20)28-26(33)34-15-21-18-10-6-4-8-16(18)17-9-5-7-11-19(17)21/h4-11,20-23,29H,1-3,12-15H2,(H,27,30)(H,28,33)(H,31,32). The van der Waals surface area contributed by atoms with Crippen LogP contribution >= 0.6 is 0 Å². The van der Waals surface area contributed by atoms with Crippen molar-refractivity contribution in [3.05, 3.63) is 59.7 Å². The molecule has 0 spiro atoms. The third-order valence-corrected chi connectivity index (χ3v) is 6.75. The fourth-order valence-corrected chi connectivity index (χ4v) is 5.00. The molecule has 8 heteroatoms. The van der Waals surface area contributed by atoms with Crippen LogP contribution in [-0.2, 0) is 14.3 Å². The molecule has 8 nitrogen and oxygen atoms in total. The van der Waals surface area contributed by atoms with Gasteiger partial charge in [0.2, 0.25) is 5.91 Å². The van der Waals surface area contributed by atoms with Crippen LogP contribution in [0.5, 0.6) is 0 Å². The van der Waals surface area contributed by atoms with Gasteiger partial charge in [0.15, 0.2) is 6.10 Å². The zero-order valence-electron chi connectivity index (χ0n) is 18.9. The number of carbonyl (C=O) groups is 3. The van der Waals surface area contributed by atoms with E-state index in [9.17, 15) is 19.5 Å². The van der Waals surface area contributed by atoms with Crippen molar-refractivity contribution in [3.63, 3.8) is 0 Å². The molecule has 2 aliphatic carbocycles. The Labute approximate surface area is 198 Å². The summed E-state index contributed by atoms with van der Waals surface area (Å²) in [6, 6.07) is 15.8. The number of alkyl carbamates (subject to hydrolysis) is 1. The van der Waals surface area contributed by atoms with E-state index in [1.165, 1.54) is 0 Å². The van der Waals surface area contributed by atoms with Gasteiger partial charge in [0.05, 0.1) is 12.5 Å². The second-order valence-electron chi connectivity index (χ2n) is 8.92. The largest absolute Gasteiger partial charge is 0.479 e. The third-order valence-electron chi connectivity index (χ3n) is 6.75. The van der Waals surface area contributed by atoms with Gasteiger partial charge in [-0.05, 0) is 35.1 Å². The smallest absolute Gasteiger partial charge is 0.407 e. The normalized spacial score (nSPS) is 20.4. The highest BCUT2D eigenvalue weighted by Crippen LogP contribution is 2.44. The minimum atomic E-state index is -1.66. The van der Waals surface area contributed by atoms with Crippen LogP contribution in [0.2, 0.25) is 0 Å². The van der Waals surface area contributed by atoms with Gasteiger partial charge in [-0.2, -0.15) is 0 Å². The summed E-state index contributed by atoms with van der Waals surface area (Å²) in [7, 11) is 0. The van der Waals surface area contributed by atoms with Crippen LogP contribution in [0.3, 0.4) is 0 Å². The van der Waals surface area contributed by atoms with Crippen LogP contribution in [0.4, 0.5) is 4.79 Å². The minimum absolute atomic E-state index is 0.0520. The quantitative estimate of drug-likeness (QED) is 0.465. The number of ether oxygens (including phenoxy) is 1. The highest BCUT2D eigenvalue weighted by Gasteiger charge is 2.33. The average molecular weight is 467 g/mol. The van der Waals surface area contributed by atoms with Gasteiger partial charge in [-0.1, -0.05) is 67.8 Å². The Morgan fingerprint density at radius 2 is 1.56 bits per heavy atom. The zero-order valence-corrected chi connectivity index (χ0v) is 18.9. The highest BCUT2D eigenvalue weighted by atomic mass is 16.5. The van der Waals surface area contributed by atoms with Crippen LogP contribution in [0.1, 0.15) is 49.1 Å². The van der Waals surface area contributed by atoms with Gasteiger partial charge in [0, 0.05) is 12.0 Å². The Kier molecular flexibility index (Phi) is 7.47. The SMILES string of the molecule is O=C(NC1CCCCCC1C(=O)NCC(O)C(=O)O)OCC1c2ccccc2-c2ccccc21. The summed E-state index contributed by atoms with van der Waals surface area (Å²) in [5.41, 5.74) is 4.55. The van der Waals surface area contributed by atoms with E-state index in [1.54, 1.807) is 0 Å². The monoisotopic (exact) mass is 466 g/mol. The molecule has 0 aliphatic heterocycles. The summed E-state index contributed by atoms with van der Waals surface area (Å²) in [5, 5.41) is 23.6. The lowest BCUT2D eigenvalue weighted by molar-refractivity contribution is -0.146. The Hall–Kier alpha value is -3.39. The molecular weight excluding hydrogens is 436 g/mol. The number of carbonyl (C=O) groups excluding carboxylic acids is 2. The van der Waals surface area contributed by atoms with Gasteiger partial charge in [-0.3, -0.25) is 4.79 Å². The molecule has 2 aromatic rings. The number of hydrogen-bond donors (Lipinski definition) is 4. The highest BCUT2D eigenvalue weighted by molar-refractivity contribution is 5.82. The predicted molar refractivity (Wildman–Crippen MR) is 125 cm³/mol. The van der Waals surface area contributed by atoms with Gasteiger partial charge in [-0.15, -0.1) is 0 Å². The molecule has 1 fully saturated rings. The predicted octanol–water partition coefficient (Wildman–Crippen LogP) is 3.04. The van der Waals surface area contributed by atoms with Crippen LogP contribution in [0.25, 0.3) is 11.1 Å². The van der Waals surface area contributed by atoms with Gasteiger partial charge < -0.3 is 25.6 Å². The van der Waals surface area contributed by atoms with Crippen LogP contribution in [0, 0.1) is 5.92 Å². The molecule has 4 rings (SSSR count). The number of amides is 2. The van der Waals surface area contributed by atoms with Crippen LogP contribution in [0.15, 0.2) is 48.5 Å². The summed E-state index contributed by atoms with van der Waals surface area (Å²) in [6.45, 7) is -0.184. The number of nitrogens with one attached hydrogen (secondary N) is 2. The molecule has 1 saturated carbocycles. The number of fused-ring (bicyclic) bond motifs is 3. The van der Waals surface area contributed by atoms with Crippen molar-refractivity contribution in [2.24, 2.45) is 5.92 Å². The molecule has 0 aromatic heterocycles. The number of rotatable bonds is 7. The van der Waals surface area contributed by atoms with Crippen molar-refractivity contribution in [2.45, 2.75) is 50.2 Å². The first kappa shape index (κ1) is 23.8. The second-order valence-corrected chi connectivity index (χ2v) is 8.92. The molecule has 3 unspecified atom stereocenters. The topological polar surface area (TPSA) is 125 Å². The van der Waals surface area contributed by atoms with Crippen LogP contribution in [-0.4, -0.2) is 53.5 Å². The first-order valence-corrected chi connectivity index (χ1v) is 11.8. The first-order chi connectivity index (χ1) is 16.5. The van der Waals surface area contributed by atoms with Gasteiger partial charge >= 0.3 is 12.1 Å². The summed E-state index contributed by atoms with van der Waals surface area (Å²) < 4.78 is 5.64. The van der Waals surface area contributed by atoms with E-state index < -0.39 is 30.1 Å². The zero-order chi connectivity index (χ0) is 24.1. The van der Waals surface area contributed by atoms with Gasteiger partial charge in [-0.25, -0.2) is 9.59 Å². The van der Waals surface area contributed by atoms with E-state index in [0.717, 1.165) is 41.5 Å². The summed E-state index contributed by atoms with van der Waals surface area (Å²) in [5.74, 6) is -2.33. The van der Waals surface area contributed by atoms with E-state index in [4.69, 9.17) is 9.84 Å². The van der Waals surface area contributed by atoms with Crippen LogP contribution < -0.4 is 10.6 Å². The van der Waals surface area contributed by atoms with E-state index in [1.807, 2.05) is 24.3 Å². The van der Waals surface area contributed by atoms with Gasteiger partial charge in [0.1, 0.15) is 6.61 Å². The fraction of sp³-hybridized carbons (Fsp3) is 0.423. The van der Waals surface area contributed by atoms with E-state index in [0.29, 0.717) is 12.8 Å². The Bertz CT molecular complexity index is 1010. The fourth-order valence-electron chi connectivity index (χ4n) is 5.00. The number of carboxylic acids is 1. The van der Waals surface area contributed by atoms with Crippen molar-refractivity contribution >= 4 is 18.0 Å². The number of carboxylic acid groups (broad SMARTS) is 1. The molecule has 34 heavy (non-hydrogen) atoms. The Morgan fingerprint density at radius 1 is 0.941 bits per heavy atom. The molecule has 2 aromatic carbocycles. The second kappa shape index (κ2) is 10.7. The Balaban J connectivity index is 1.38. The number of aliphatic hydroxyl groups is 1. The lowest BCUT2D eigenvalue weighted by atomic mass is 9.93. The number of benzene rings is 2. The van der Waals surface area contributed by atoms with E-state index >= 15 is 0 Å². The summed E-state index contributed by atoms with van der Waals surface area (Å²) >= 11 is 0. The summed E-state index contributed by atoms with van der Waals surface area (Å²) in [4.78, 5) is 36.3. The lowest BCUT2D eigenvalue weighted by Crippen LogP contribution is -2.48. The van der Waals surface area contributed by atoms with Crippen molar-refractivity contribution < 1.29 is 29.3 Å². The average Bonchev–Trinajstić information content (AvgIpc) is 2.97. The maximum absolute atomic E-state index is 12.7. The third kappa shape index (κ3) is 5.22. The van der Waals surface area contributed by atoms with Crippen molar-refractivity contribution in [1.82, 2.24) is 10.6 Å². The molecule has 0 saturated heterocycles. The van der Waals surface area contributed by atoms with Crippen molar-refractivity contribution in [1.29, 1.82) is 0 Å². The maximum atomic E-state index is 12.7. The molecule has 4 N–H and O–H groups in total. The summed E-state index contributed by atoms with van der Waals surface area (Å²) in [6.07, 6.45) is 1.62. The van der Waals surface area contributed by atoms with E-state index in [-0.39, 0.29) is 25.0 Å². The molecular formula is C26H30N2O6. The number of aliphatic hydroxyl groups excluding tert-OH is 1. The molecule has 180 valence electrons. The van der Waals surface area contributed by atoms with Crippen molar-refractivity contribution in [3.8, 4) is 11.1 Å². The molecule has 2 aliphatic rings. The first-order valence-electron chi connectivity index (χ1n) is 11.8. The molecule has 0 heterocycles. The van der Waals surface area contributed by atoms with E-state index in [2.05, 4.69) is 34.9 Å².